The summed E-state index contributed by atoms with van der Waals surface area (Å²) in [6.45, 7) is 3.56. The molecule has 1 N–H and O–H groups in total. The number of aromatic nitrogens is 1. The van der Waals surface area contributed by atoms with Crippen LogP contribution < -0.4 is 4.74 Å². The smallest absolute Gasteiger partial charge is 0.148 e. The molecule has 0 aliphatic carbocycles. The number of ether oxygens (including phenoxy) is 1. The average Bonchev–Trinajstić information content (AvgIpc) is 2.34. The molecule has 2 aromatic rings. The topological polar surface area (TPSA) is 42.4 Å². The molecule has 0 amide bonds. The summed E-state index contributed by atoms with van der Waals surface area (Å²) in [6.07, 6.45) is 1.16. The minimum absolute atomic E-state index is 0.469. The second-order valence-electron chi connectivity index (χ2n) is 4.05. The molecule has 0 fully saturated rings. The average molecular weight is 264 g/mol. The maximum Gasteiger partial charge on any atom is 0.148 e. The highest BCUT2D eigenvalue weighted by Crippen LogP contribution is 2.32. The molecule has 4 heteroatoms. The summed E-state index contributed by atoms with van der Waals surface area (Å²) in [6, 6.07) is 8.88. The van der Waals surface area contributed by atoms with Crippen LogP contribution in [-0.4, -0.2) is 10.1 Å². The van der Waals surface area contributed by atoms with Crippen LogP contribution in [0.5, 0.6) is 11.5 Å². The van der Waals surface area contributed by atoms with Gasteiger partial charge in [-0.25, -0.2) is 0 Å². The zero-order valence-corrected chi connectivity index (χ0v) is 11.0. The first-order chi connectivity index (χ1) is 8.58. The lowest BCUT2D eigenvalue weighted by atomic mass is 10.1. The molecule has 2 rings (SSSR count). The van der Waals surface area contributed by atoms with E-state index in [-0.39, 0.29) is 0 Å². The van der Waals surface area contributed by atoms with Crippen LogP contribution in [0, 0.1) is 6.92 Å². The Labute approximate surface area is 111 Å². The fourth-order valence-corrected chi connectivity index (χ4v) is 1.78. The first-order valence-electron chi connectivity index (χ1n) is 5.65. The van der Waals surface area contributed by atoms with Crippen LogP contribution in [0.4, 0.5) is 0 Å². The van der Waals surface area contributed by atoms with Gasteiger partial charge < -0.3 is 9.84 Å². The number of hydrogen-bond acceptors (Lipinski definition) is 3. The number of rotatable bonds is 3. The second-order valence-corrected chi connectivity index (χ2v) is 4.46. The lowest BCUT2D eigenvalue weighted by Gasteiger charge is -2.11. The Morgan fingerprint density at radius 1 is 1.28 bits per heavy atom. The van der Waals surface area contributed by atoms with Crippen LogP contribution in [0.2, 0.25) is 5.02 Å². The Bertz CT molecular complexity index is 555. The van der Waals surface area contributed by atoms with Crippen molar-refractivity contribution in [3.63, 3.8) is 0 Å². The van der Waals surface area contributed by atoms with Gasteiger partial charge in [-0.15, -0.1) is 0 Å². The lowest BCUT2D eigenvalue weighted by molar-refractivity contribution is 0.199. The van der Waals surface area contributed by atoms with Gasteiger partial charge in [-0.3, -0.25) is 4.98 Å². The maximum atomic E-state index is 9.46. The second kappa shape index (κ2) is 5.38. The van der Waals surface area contributed by atoms with E-state index in [0.717, 1.165) is 11.3 Å². The van der Waals surface area contributed by atoms with Gasteiger partial charge in [0, 0.05) is 6.20 Å². The van der Waals surface area contributed by atoms with Gasteiger partial charge in [0.2, 0.25) is 0 Å². The fourth-order valence-electron chi connectivity index (χ4n) is 1.56. The summed E-state index contributed by atoms with van der Waals surface area (Å²) in [4.78, 5) is 4.14. The Morgan fingerprint density at radius 3 is 2.67 bits per heavy atom. The summed E-state index contributed by atoms with van der Waals surface area (Å²) in [5, 5.41) is 9.93. The highest BCUT2D eigenvalue weighted by molar-refractivity contribution is 6.32. The van der Waals surface area contributed by atoms with Gasteiger partial charge >= 0.3 is 0 Å². The fraction of sp³-hybridized carbons (Fsp3) is 0.214. The third-order valence-electron chi connectivity index (χ3n) is 2.62. The third-order valence-corrected chi connectivity index (χ3v) is 2.91. The molecule has 94 valence electrons. The Kier molecular flexibility index (Phi) is 3.84. The molecule has 1 heterocycles. The summed E-state index contributed by atoms with van der Waals surface area (Å²) >= 11 is 6.12. The first kappa shape index (κ1) is 12.9. The maximum absolute atomic E-state index is 9.46. The van der Waals surface area contributed by atoms with Crippen molar-refractivity contribution in [1.29, 1.82) is 0 Å². The summed E-state index contributed by atoms with van der Waals surface area (Å²) in [5.41, 5.74) is 1.56. The number of aliphatic hydroxyl groups is 1. The number of aryl methyl sites for hydroxylation is 1. The van der Waals surface area contributed by atoms with Crippen LogP contribution in [-0.2, 0) is 0 Å². The van der Waals surface area contributed by atoms with Crippen LogP contribution in [0.1, 0.15) is 24.3 Å². The van der Waals surface area contributed by atoms with Gasteiger partial charge in [0.15, 0.2) is 0 Å². The van der Waals surface area contributed by atoms with E-state index in [1.165, 1.54) is 0 Å². The van der Waals surface area contributed by atoms with E-state index in [4.69, 9.17) is 16.3 Å². The molecule has 1 aromatic heterocycles. The van der Waals surface area contributed by atoms with E-state index in [1.807, 2.05) is 13.0 Å². The first-order valence-corrected chi connectivity index (χ1v) is 6.02. The predicted molar refractivity (Wildman–Crippen MR) is 71.1 cm³/mol. The number of aliphatic hydroxyl groups excluding tert-OH is 1. The monoisotopic (exact) mass is 263 g/mol. The van der Waals surface area contributed by atoms with Gasteiger partial charge in [0.1, 0.15) is 11.5 Å². The van der Waals surface area contributed by atoms with Crippen LogP contribution in [0.3, 0.4) is 0 Å². The van der Waals surface area contributed by atoms with Gasteiger partial charge in [0.05, 0.1) is 16.8 Å². The van der Waals surface area contributed by atoms with Crippen LogP contribution >= 0.6 is 11.6 Å². The van der Waals surface area contributed by atoms with E-state index < -0.39 is 6.10 Å². The molecule has 1 aromatic carbocycles. The number of pyridine rings is 1. The minimum Gasteiger partial charge on any atom is -0.454 e. The van der Waals surface area contributed by atoms with Crippen LogP contribution in [0.25, 0.3) is 0 Å². The SMILES string of the molecule is Cc1ncccc1Oc1ccc([C@@H](C)O)cc1Cl. The Hall–Kier alpha value is -1.58. The predicted octanol–water partition coefficient (Wildman–Crippen LogP) is 3.89. The molecular formula is C14H14ClNO2. The van der Waals surface area contributed by atoms with E-state index in [2.05, 4.69) is 4.98 Å². The molecule has 0 aliphatic rings. The Morgan fingerprint density at radius 2 is 2.06 bits per heavy atom. The van der Waals surface area contributed by atoms with Crippen molar-refractivity contribution >= 4 is 11.6 Å². The third kappa shape index (κ3) is 2.81. The van der Waals surface area contributed by atoms with Crippen molar-refractivity contribution in [3.05, 3.63) is 52.8 Å². The largest absolute Gasteiger partial charge is 0.454 e. The highest BCUT2D eigenvalue weighted by Gasteiger charge is 2.08. The van der Waals surface area contributed by atoms with E-state index in [9.17, 15) is 5.11 Å². The van der Waals surface area contributed by atoms with Gasteiger partial charge in [-0.1, -0.05) is 17.7 Å². The number of nitrogens with zero attached hydrogens (tertiary/aromatic N) is 1. The van der Waals surface area contributed by atoms with Crippen molar-refractivity contribution in [1.82, 2.24) is 4.98 Å². The quantitative estimate of drug-likeness (QED) is 0.914. The van der Waals surface area contributed by atoms with Crippen molar-refractivity contribution in [3.8, 4) is 11.5 Å². The number of hydrogen-bond donors (Lipinski definition) is 1. The van der Waals surface area contributed by atoms with Gasteiger partial charge in [-0.05, 0) is 43.7 Å². The summed E-state index contributed by atoms with van der Waals surface area (Å²) in [7, 11) is 0. The van der Waals surface area contributed by atoms with Gasteiger partial charge in [-0.2, -0.15) is 0 Å². The van der Waals surface area contributed by atoms with Crippen molar-refractivity contribution in [2.75, 3.05) is 0 Å². The highest BCUT2D eigenvalue weighted by atomic mass is 35.5. The normalized spacial score (nSPS) is 12.2. The Balaban J connectivity index is 2.28. The molecule has 0 spiro atoms. The van der Waals surface area contributed by atoms with Crippen molar-refractivity contribution in [2.45, 2.75) is 20.0 Å². The van der Waals surface area contributed by atoms with Gasteiger partial charge in [0.25, 0.3) is 0 Å². The van der Waals surface area contributed by atoms with E-state index in [0.29, 0.717) is 16.5 Å². The number of benzene rings is 1. The van der Waals surface area contributed by atoms with Crippen LogP contribution in [0.15, 0.2) is 36.5 Å². The summed E-state index contributed by atoms with van der Waals surface area (Å²) in [5.74, 6) is 1.22. The number of halogens is 1. The minimum atomic E-state index is -0.545. The zero-order chi connectivity index (χ0) is 13.1. The zero-order valence-electron chi connectivity index (χ0n) is 10.2. The summed E-state index contributed by atoms with van der Waals surface area (Å²) < 4.78 is 5.70. The molecule has 0 unspecified atom stereocenters. The molecule has 18 heavy (non-hydrogen) atoms. The molecule has 0 saturated carbocycles. The molecule has 0 aliphatic heterocycles. The van der Waals surface area contributed by atoms with E-state index >= 15 is 0 Å². The molecule has 0 saturated heterocycles. The van der Waals surface area contributed by atoms with E-state index in [1.54, 1.807) is 37.4 Å². The standard InChI is InChI=1S/C14H14ClNO2/c1-9-13(4-3-7-16-9)18-14-6-5-11(10(2)17)8-12(14)15/h3-8,10,17H,1-2H3/t10-/m1/s1. The molecule has 1 atom stereocenters. The molecule has 0 radical (unpaired) electrons. The molecule has 3 nitrogen and oxygen atoms in total. The van der Waals surface area contributed by atoms with Crippen molar-refractivity contribution in [2.24, 2.45) is 0 Å². The lowest BCUT2D eigenvalue weighted by Crippen LogP contribution is -1.93. The molecule has 0 bridgehead atoms. The molecular weight excluding hydrogens is 250 g/mol. The van der Waals surface area contributed by atoms with Crippen molar-refractivity contribution < 1.29 is 9.84 Å².